The van der Waals surface area contributed by atoms with Crippen LogP contribution in [0.3, 0.4) is 0 Å². The van der Waals surface area contributed by atoms with Gasteiger partial charge in [-0.25, -0.2) is 0 Å². The number of hydrogen-bond donors (Lipinski definition) is 4. The fourth-order valence-electron chi connectivity index (χ4n) is 2.21. The number of rotatable bonds is 2. The fourth-order valence-corrected chi connectivity index (χ4v) is 3.17. The van der Waals surface area contributed by atoms with Gasteiger partial charge in [-0.15, -0.1) is 0 Å². The van der Waals surface area contributed by atoms with Crippen LogP contribution in [-0.4, -0.2) is 26.9 Å². The number of carbonyl (C=O) groups is 1. The summed E-state index contributed by atoms with van der Waals surface area (Å²) < 4.78 is 11.5. The van der Waals surface area contributed by atoms with Gasteiger partial charge in [0.15, 0.2) is 0 Å². The summed E-state index contributed by atoms with van der Waals surface area (Å²) in [5.74, 6) is -1.02. The topological polar surface area (TPSA) is 107 Å². The Labute approximate surface area is 104 Å². The molecule has 0 bridgehead atoms. The molecule has 0 saturated heterocycles. The SMILES string of the molecule is Cc1cc2c(c(P(=O)(O)O)c1)CC(C(=O)O)NC2. The minimum absolute atomic E-state index is 0.0507. The third kappa shape index (κ3) is 2.47. The summed E-state index contributed by atoms with van der Waals surface area (Å²) in [6.07, 6.45) is 0.0887. The first-order valence-electron chi connectivity index (χ1n) is 5.43. The second-order valence-corrected chi connectivity index (χ2v) is 6.01. The molecule has 0 spiro atoms. The van der Waals surface area contributed by atoms with Gasteiger partial charge in [0.05, 0.1) is 5.30 Å². The van der Waals surface area contributed by atoms with E-state index in [0.29, 0.717) is 12.1 Å². The predicted molar refractivity (Wildman–Crippen MR) is 64.8 cm³/mol. The van der Waals surface area contributed by atoms with Crippen molar-refractivity contribution in [2.24, 2.45) is 0 Å². The summed E-state index contributed by atoms with van der Waals surface area (Å²) in [6.45, 7) is 2.06. The van der Waals surface area contributed by atoms with Crippen LogP contribution in [0.25, 0.3) is 0 Å². The van der Waals surface area contributed by atoms with Gasteiger partial charge in [-0.05, 0) is 36.1 Å². The zero-order chi connectivity index (χ0) is 13.5. The van der Waals surface area contributed by atoms with Crippen molar-refractivity contribution in [3.8, 4) is 0 Å². The van der Waals surface area contributed by atoms with Crippen molar-refractivity contribution in [3.63, 3.8) is 0 Å². The molecular formula is C11H14NO5P. The molecule has 1 unspecified atom stereocenters. The lowest BCUT2D eigenvalue weighted by Crippen LogP contribution is -2.43. The van der Waals surface area contributed by atoms with Crippen LogP contribution in [0.2, 0.25) is 0 Å². The smallest absolute Gasteiger partial charge is 0.356 e. The second-order valence-electron chi connectivity index (χ2n) is 4.44. The van der Waals surface area contributed by atoms with Gasteiger partial charge in [-0.3, -0.25) is 9.36 Å². The van der Waals surface area contributed by atoms with Gasteiger partial charge >= 0.3 is 13.6 Å². The molecule has 1 aromatic rings. The first-order chi connectivity index (χ1) is 8.29. The van der Waals surface area contributed by atoms with Gasteiger partial charge in [0.2, 0.25) is 0 Å². The molecule has 0 amide bonds. The number of aryl methyl sites for hydroxylation is 1. The summed E-state index contributed by atoms with van der Waals surface area (Å²) in [4.78, 5) is 29.6. The van der Waals surface area contributed by atoms with Crippen molar-refractivity contribution < 1.29 is 24.3 Å². The monoisotopic (exact) mass is 271 g/mol. The number of fused-ring (bicyclic) bond motifs is 1. The van der Waals surface area contributed by atoms with Crippen LogP contribution in [-0.2, 0) is 22.3 Å². The van der Waals surface area contributed by atoms with Crippen LogP contribution >= 0.6 is 7.60 Å². The average Bonchev–Trinajstić information content (AvgIpc) is 2.25. The maximum Gasteiger partial charge on any atom is 0.356 e. The highest BCUT2D eigenvalue weighted by atomic mass is 31.2. The lowest BCUT2D eigenvalue weighted by molar-refractivity contribution is -0.139. The van der Waals surface area contributed by atoms with Crippen molar-refractivity contribution in [1.82, 2.24) is 5.32 Å². The number of aliphatic carboxylic acids is 1. The number of benzene rings is 1. The molecule has 18 heavy (non-hydrogen) atoms. The standard InChI is InChI=1S/C11H14NO5P/c1-6-2-7-5-12-9(11(13)14)4-8(7)10(3-6)18(15,16)17/h2-3,9,12H,4-5H2,1H3,(H,13,14)(H2,15,16,17). The largest absolute Gasteiger partial charge is 0.480 e. The van der Waals surface area contributed by atoms with Crippen molar-refractivity contribution in [2.75, 3.05) is 0 Å². The third-order valence-electron chi connectivity index (χ3n) is 3.02. The van der Waals surface area contributed by atoms with Crippen molar-refractivity contribution in [3.05, 3.63) is 28.8 Å². The average molecular weight is 271 g/mol. The van der Waals surface area contributed by atoms with Gasteiger partial charge < -0.3 is 20.2 Å². The normalized spacial score (nSPS) is 19.4. The maximum absolute atomic E-state index is 11.5. The van der Waals surface area contributed by atoms with E-state index < -0.39 is 19.6 Å². The van der Waals surface area contributed by atoms with E-state index in [1.54, 1.807) is 6.92 Å². The third-order valence-corrected chi connectivity index (χ3v) is 4.05. The van der Waals surface area contributed by atoms with E-state index in [1.165, 1.54) is 6.07 Å². The molecule has 0 aliphatic carbocycles. The Kier molecular flexibility index (Phi) is 3.29. The molecule has 2 rings (SSSR count). The molecule has 0 saturated carbocycles. The van der Waals surface area contributed by atoms with Gasteiger partial charge in [0.1, 0.15) is 6.04 Å². The summed E-state index contributed by atoms with van der Waals surface area (Å²) in [7, 11) is -4.38. The first kappa shape index (κ1) is 13.2. The van der Waals surface area contributed by atoms with Crippen molar-refractivity contribution in [1.29, 1.82) is 0 Å². The van der Waals surface area contributed by atoms with Gasteiger partial charge in [-0.2, -0.15) is 0 Å². The van der Waals surface area contributed by atoms with E-state index in [1.807, 2.05) is 6.07 Å². The van der Waals surface area contributed by atoms with E-state index in [4.69, 9.17) is 5.11 Å². The number of carboxylic acids is 1. The minimum Gasteiger partial charge on any atom is -0.480 e. The molecule has 0 aromatic heterocycles. The zero-order valence-corrected chi connectivity index (χ0v) is 10.6. The van der Waals surface area contributed by atoms with Crippen LogP contribution < -0.4 is 10.6 Å². The fraction of sp³-hybridized carbons (Fsp3) is 0.364. The molecule has 7 heteroatoms. The molecule has 0 radical (unpaired) electrons. The summed E-state index contributed by atoms with van der Waals surface area (Å²) >= 11 is 0. The summed E-state index contributed by atoms with van der Waals surface area (Å²) in [5.41, 5.74) is 1.97. The molecule has 1 atom stereocenters. The van der Waals surface area contributed by atoms with Crippen molar-refractivity contribution in [2.45, 2.75) is 25.9 Å². The zero-order valence-electron chi connectivity index (χ0n) is 9.75. The Morgan fingerprint density at radius 2 is 2.11 bits per heavy atom. The maximum atomic E-state index is 11.5. The van der Waals surface area contributed by atoms with Crippen LogP contribution in [0.1, 0.15) is 16.7 Å². The first-order valence-corrected chi connectivity index (χ1v) is 7.05. The Morgan fingerprint density at radius 1 is 1.44 bits per heavy atom. The lowest BCUT2D eigenvalue weighted by Gasteiger charge is -2.26. The van der Waals surface area contributed by atoms with E-state index >= 15 is 0 Å². The number of hydrogen-bond acceptors (Lipinski definition) is 3. The van der Waals surface area contributed by atoms with Crippen LogP contribution in [0.15, 0.2) is 12.1 Å². The van der Waals surface area contributed by atoms with E-state index in [-0.39, 0.29) is 11.7 Å². The van der Waals surface area contributed by atoms with Crippen LogP contribution in [0.4, 0.5) is 0 Å². The second kappa shape index (κ2) is 4.48. The highest BCUT2D eigenvalue weighted by Gasteiger charge is 2.30. The number of carboxylic acid groups (broad SMARTS) is 1. The molecule has 1 aliphatic rings. The Bertz CT molecular complexity index is 551. The number of nitrogens with one attached hydrogen (secondary N) is 1. The van der Waals surface area contributed by atoms with Crippen LogP contribution in [0.5, 0.6) is 0 Å². The molecule has 4 N–H and O–H groups in total. The Hall–Kier alpha value is -1.20. The van der Waals surface area contributed by atoms with Gasteiger partial charge in [0.25, 0.3) is 0 Å². The summed E-state index contributed by atoms with van der Waals surface area (Å²) in [5, 5.41) is 11.7. The summed E-state index contributed by atoms with van der Waals surface area (Å²) in [6, 6.07) is 2.45. The Morgan fingerprint density at radius 3 is 2.67 bits per heavy atom. The molecule has 1 heterocycles. The van der Waals surface area contributed by atoms with E-state index in [9.17, 15) is 19.1 Å². The van der Waals surface area contributed by atoms with E-state index in [0.717, 1.165) is 11.1 Å². The highest BCUT2D eigenvalue weighted by molar-refractivity contribution is 7.60. The highest BCUT2D eigenvalue weighted by Crippen LogP contribution is 2.37. The van der Waals surface area contributed by atoms with Crippen molar-refractivity contribution >= 4 is 18.9 Å². The molecule has 98 valence electrons. The molecule has 0 fully saturated rings. The lowest BCUT2D eigenvalue weighted by atomic mass is 9.94. The van der Waals surface area contributed by atoms with E-state index in [2.05, 4.69) is 5.32 Å². The molecule has 1 aromatic carbocycles. The Balaban J connectivity index is 2.54. The molecular weight excluding hydrogens is 257 g/mol. The quantitative estimate of drug-likeness (QED) is 0.559. The predicted octanol–water partition coefficient (Wildman–Crippen LogP) is -0.103. The van der Waals surface area contributed by atoms with Gasteiger partial charge in [0, 0.05) is 6.54 Å². The molecule has 6 nitrogen and oxygen atoms in total. The minimum atomic E-state index is -4.38. The molecule has 1 aliphatic heterocycles. The van der Waals surface area contributed by atoms with Crippen LogP contribution in [0, 0.1) is 6.92 Å². The van der Waals surface area contributed by atoms with Gasteiger partial charge in [-0.1, -0.05) is 6.07 Å².